The standard InChI is InChI=1S/C15H23N3/c1-3-13-5-4-7-15(11-13,12-16)8-6-14-17-9-10-18(14)2/h9-10,13H,3-8,11H2,1-2H3. The van der Waals surface area contributed by atoms with E-state index in [0.717, 1.165) is 37.4 Å². The summed E-state index contributed by atoms with van der Waals surface area (Å²) in [5.74, 6) is 1.85. The highest BCUT2D eigenvalue weighted by molar-refractivity contribution is 5.04. The van der Waals surface area contributed by atoms with Crippen molar-refractivity contribution in [1.29, 1.82) is 5.26 Å². The molecule has 0 bridgehead atoms. The summed E-state index contributed by atoms with van der Waals surface area (Å²) in [4.78, 5) is 4.36. The number of hydrogen-bond acceptors (Lipinski definition) is 2. The highest BCUT2D eigenvalue weighted by Gasteiger charge is 2.35. The van der Waals surface area contributed by atoms with E-state index < -0.39 is 0 Å². The van der Waals surface area contributed by atoms with Crippen LogP contribution in [0.1, 0.15) is 51.3 Å². The molecule has 1 aliphatic rings. The zero-order valence-corrected chi connectivity index (χ0v) is 11.5. The molecule has 0 N–H and O–H groups in total. The molecule has 0 spiro atoms. The topological polar surface area (TPSA) is 41.6 Å². The molecule has 2 atom stereocenters. The Balaban J connectivity index is 2.00. The Hall–Kier alpha value is -1.30. The Kier molecular flexibility index (Phi) is 4.06. The molecule has 0 radical (unpaired) electrons. The Bertz CT molecular complexity index is 429. The monoisotopic (exact) mass is 245 g/mol. The van der Waals surface area contributed by atoms with E-state index in [2.05, 4.69) is 22.5 Å². The first-order valence-electron chi connectivity index (χ1n) is 7.06. The number of hydrogen-bond donors (Lipinski definition) is 0. The van der Waals surface area contributed by atoms with Crippen LogP contribution in [-0.4, -0.2) is 9.55 Å². The van der Waals surface area contributed by atoms with Gasteiger partial charge in [-0.3, -0.25) is 0 Å². The quantitative estimate of drug-likeness (QED) is 0.815. The molecule has 1 saturated carbocycles. The third kappa shape index (κ3) is 2.75. The first kappa shape index (κ1) is 13.1. The minimum atomic E-state index is -0.0924. The predicted octanol–water partition coefficient (Wildman–Crippen LogP) is 3.46. The Morgan fingerprint density at radius 3 is 3.06 bits per heavy atom. The van der Waals surface area contributed by atoms with Crippen molar-refractivity contribution < 1.29 is 0 Å². The first-order chi connectivity index (χ1) is 8.69. The Morgan fingerprint density at radius 1 is 1.61 bits per heavy atom. The molecule has 3 nitrogen and oxygen atoms in total. The second-order valence-corrected chi connectivity index (χ2v) is 5.72. The van der Waals surface area contributed by atoms with Gasteiger partial charge in [-0.05, 0) is 25.2 Å². The summed E-state index contributed by atoms with van der Waals surface area (Å²) in [6.45, 7) is 2.25. The van der Waals surface area contributed by atoms with Crippen LogP contribution in [0.3, 0.4) is 0 Å². The molecule has 1 aromatic rings. The minimum absolute atomic E-state index is 0.0924. The highest BCUT2D eigenvalue weighted by Crippen LogP contribution is 2.43. The summed E-state index contributed by atoms with van der Waals surface area (Å²) < 4.78 is 2.06. The molecule has 98 valence electrons. The molecule has 3 heteroatoms. The first-order valence-corrected chi connectivity index (χ1v) is 7.06. The number of nitrogens with zero attached hydrogens (tertiary/aromatic N) is 3. The van der Waals surface area contributed by atoms with Gasteiger partial charge in [-0.15, -0.1) is 0 Å². The van der Waals surface area contributed by atoms with Crippen LogP contribution in [0.25, 0.3) is 0 Å². The molecular formula is C15H23N3. The van der Waals surface area contributed by atoms with Crippen LogP contribution in [0.5, 0.6) is 0 Å². The summed E-state index contributed by atoms with van der Waals surface area (Å²) in [6, 6.07) is 2.63. The van der Waals surface area contributed by atoms with Crippen LogP contribution in [0.4, 0.5) is 0 Å². The zero-order valence-electron chi connectivity index (χ0n) is 11.5. The third-order valence-corrected chi connectivity index (χ3v) is 4.51. The van der Waals surface area contributed by atoms with E-state index in [1.54, 1.807) is 0 Å². The minimum Gasteiger partial charge on any atom is -0.338 e. The lowest BCUT2D eigenvalue weighted by Crippen LogP contribution is -2.28. The van der Waals surface area contributed by atoms with Gasteiger partial charge in [0.05, 0.1) is 11.5 Å². The predicted molar refractivity (Wildman–Crippen MR) is 71.8 cm³/mol. The van der Waals surface area contributed by atoms with Gasteiger partial charge < -0.3 is 4.57 Å². The van der Waals surface area contributed by atoms with E-state index in [1.807, 2.05) is 19.4 Å². The van der Waals surface area contributed by atoms with Gasteiger partial charge in [0.15, 0.2) is 0 Å². The molecule has 0 aromatic carbocycles. The van der Waals surface area contributed by atoms with Crippen molar-refractivity contribution in [3.63, 3.8) is 0 Å². The van der Waals surface area contributed by atoms with Crippen LogP contribution in [0.2, 0.25) is 0 Å². The third-order valence-electron chi connectivity index (χ3n) is 4.51. The fourth-order valence-corrected chi connectivity index (χ4v) is 3.21. The average molecular weight is 245 g/mol. The van der Waals surface area contributed by atoms with Gasteiger partial charge in [0.2, 0.25) is 0 Å². The van der Waals surface area contributed by atoms with E-state index in [4.69, 9.17) is 0 Å². The number of nitriles is 1. The van der Waals surface area contributed by atoms with E-state index in [9.17, 15) is 5.26 Å². The summed E-state index contributed by atoms with van der Waals surface area (Å²) in [5.41, 5.74) is -0.0924. The van der Waals surface area contributed by atoms with E-state index in [-0.39, 0.29) is 5.41 Å². The van der Waals surface area contributed by atoms with Crippen molar-refractivity contribution in [3.05, 3.63) is 18.2 Å². The number of aryl methyl sites for hydroxylation is 2. The molecule has 1 heterocycles. The highest BCUT2D eigenvalue weighted by atomic mass is 15.0. The molecule has 1 aliphatic carbocycles. The molecule has 2 unspecified atom stereocenters. The van der Waals surface area contributed by atoms with Gasteiger partial charge >= 0.3 is 0 Å². The van der Waals surface area contributed by atoms with Gasteiger partial charge in [0.1, 0.15) is 5.82 Å². The Morgan fingerprint density at radius 2 is 2.44 bits per heavy atom. The van der Waals surface area contributed by atoms with E-state index >= 15 is 0 Å². The maximum Gasteiger partial charge on any atom is 0.108 e. The maximum atomic E-state index is 9.58. The lowest BCUT2D eigenvalue weighted by Gasteiger charge is -2.35. The lowest BCUT2D eigenvalue weighted by molar-refractivity contribution is 0.182. The average Bonchev–Trinajstić information content (AvgIpc) is 2.82. The van der Waals surface area contributed by atoms with Crippen molar-refractivity contribution >= 4 is 0 Å². The fraction of sp³-hybridized carbons (Fsp3) is 0.733. The number of rotatable bonds is 4. The maximum absolute atomic E-state index is 9.58. The molecule has 0 saturated heterocycles. The normalized spacial score (nSPS) is 27.9. The van der Waals surface area contributed by atoms with Crippen molar-refractivity contribution in [2.45, 2.75) is 51.9 Å². The molecule has 1 fully saturated rings. The van der Waals surface area contributed by atoms with Gasteiger partial charge in [-0.1, -0.05) is 26.2 Å². The molecule has 1 aromatic heterocycles. The summed E-state index contributed by atoms with van der Waals surface area (Å²) in [5, 5.41) is 9.58. The Labute approximate surface area is 110 Å². The second-order valence-electron chi connectivity index (χ2n) is 5.72. The van der Waals surface area contributed by atoms with Gasteiger partial charge in [-0.25, -0.2) is 4.98 Å². The van der Waals surface area contributed by atoms with Gasteiger partial charge in [-0.2, -0.15) is 5.26 Å². The molecule has 18 heavy (non-hydrogen) atoms. The van der Waals surface area contributed by atoms with E-state index in [0.29, 0.717) is 0 Å². The van der Waals surface area contributed by atoms with Crippen molar-refractivity contribution in [3.8, 4) is 6.07 Å². The van der Waals surface area contributed by atoms with Crippen LogP contribution >= 0.6 is 0 Å². The summed E-state index contributed by atoms with van der Waals surface area (Å²) >= 11 is 0. The molecule has 0 aliphatic heterocycles. The summed E-state index contributed by atoms with van der Waals surface area (Å²) in [6.07, 6.45) is 11.6. The van der Waals surface area contributed by atoms with Crippen LogP contribution < -0.4 is 0 Å². The van der Waals surface area contributed by atoms with Gasteiger partial charge in [0, 0.05) is 25.9 Å². The van der Waals surface area contributed by atoms with Crippen molar-refractivity contribution in [2.75, 3.05) is 0 Å². The molecule has 0 amide bonds. The zero-order chi connectivity index (χ0) is 13.0. The smallest absolute Gasteiger partial charge is 0.108 e. The second kappa shape index (κ2) is 5.56. The van der Waals surface area contributed by atoms with Gasteiger partial charge in [0.25, 0.3) is 0 Å². The lowest BCUT2D eigenvalue weighted by atomic mass is 9.67. The van der Waals surface area contributed by atoms with Crippen LogP contribution in [0, 0.1) is 22.7 Å². The molecular weight excluding hydrogens is 222 g/mol. The van der Waals surface area contributed by atoms with Crippen LogP contribution in [0.15, 0.2) is 12.4 Å². The van der Waals surface area contributed by atoms with Crippen molar-refractivity contribution in [2.24, 2.45) is 18.4 Å². The fourth-order valence-electron chi connectivity index (χ4n) is 3.21. The molecule has 2 rings (SSSR count). The summed E-state index contributed by atoms with van der Waals surface area (Å²) in [7, 11) is 2.02. The largest absolute Gasteiger partial charge is 0.338 e. The number of aromatic nitrogens is 2. The van der Waals surface area contributed by atoms with Crippen LogP contribution in [-0.2, 0) is 13.5 Å². The van der Waals surface area contributed by atoms with Crippen molar-refractivity contribution in [1.82, 2.24) is 9.55 Å². The van der Waals surface area contributed by atoms with E-state index in [1.165, 1.54) is 19.3 Å². The number of imidazole rings is 1. The SMILES string of the molecule is CCC1CCCC(C#N)(CCc2nccn2C)C1.